The molecule has 1 N–H and O–H groups in total. The van der Waals surface area contributed by atoms with E-state index in [1.54, 1.807) is 0 Å². The van der Waals surface area contributed by atoms with Crippen LogP contribution in [-0.2, 0) is 6.54 Å². The van der Waals surface area contributed by atoms with E-state index in [1.165, 1.54) is 70.0 Å². The first-order chi connectivity index (χ1) is 10.8. The molecule has 1 saturated carbocycles. The number of benzene rings is 1. The molecule has 22 heavy (non-hydrogen) atoms. The fourth-order valence-electron chi connectivity index (χ4n) is 4.22. The number of hydrogen-bond donors (Lipinski definition) is 1. The van der Waals surface area contributed by atoms with E-state index in [4.69, 9.17) is 0 Å². The summed E-state index contributed by atoms with van der Waals surface area (Å²) in [5.41, 5.74) is 1.82. The summed E-state index contributed by atoms with van der Waals surface area (Å²) in [4.78, 5) is 2.82. The van der Waals surface area contributed by atoms with Gasteiger partial charge >= 0.3 is 0 Å². The van der Waals surface area contributed by atoms with Gasteiger partial charge in [-0.2, -0.15) is 0 Å². The van der Waals surface area contributed by atoms with Crippen LogP contribution in [-0.4, -0.2) is 30.1 Å². The van der Waals surface area contributed by atoms with Gasteiger partial charge in [-0.25, -0.2) is 0 Å². The number of piperidine rings is 1. The third-order valence-corrected chi connectivity index (χ3v) is 6.04. The minimum Gasteiger partial charge on any atom is -0.311 e. The second kappa shape index (κ2) is 7.94. The maximum Gasteiger partial charge on any atom is 0.0334 e. The van der Waals surface area contributed by atoms with Crippen LogP contribution in [0.15, 0.2) is 28.7 Å². The van der Waals surface area contributed by atoms with Crippen LogP contribution < -0.4 is 5.32 Å². The molecule has 1 aromatic rings. The largest absolute Gasteiger partial charge is 0.311 e. The number of halogens is 1. The molecule has 0 bridgehead atoms. The number of likely N-dealkylation sites (tertiary alicyclic amines) is 1. The van der Waals surface area contributed by atoms with Gasteiger partial charge in [-0.05, 0) is 56.5 Å². The average molecular weight is 365 g/mol. The Hall–Kier alpha value is -0.380. The van der Waals surface area contributed by atoms with Gasteiger partial charge < -0.3 is 5.32 Å². The Morgan fingerprint density at radius 2 is 1.55 bits per heavy atom. The molecule has 0 amide bonds. The van der Waals surface area contributed by atoms with Gasteiger partial charge in [0.25, 0.3) is 0 Å². The number of hydrogen-bond acceptors (Lipinski definition) is 2. The van der Waals surface area contributed by atoms with Crippen molar-refractivity contribution in [1.82, 2.24) is 10.2 Å². The van der Waals surface area contributed by atoms with Crippen molar-refractivity contribution in [3.8, 4) is 0 Å². The van der Waals surface area contributed by atoms with Crippen molar-refractivity contribution >= 4 is 15.9 Å². The summed E-state index contributed by atoms with van der Waals surface area (Å²) in [6.45, 7) is 4.78. The van der Waals surface area contributed by atoms with E-state index in [9.17, 15) is 0 Å². The fourth-order valence-corrected chi connectivity index (χ4v) is 4.49. The second-order valence-corrected chi connectivity index (χ2v) is 7.98. The lowest BCUT2D eigenvalue weighted by molar-refractivity contribution is 0.0333. The molecule has 2 aliphatic rings. The van der Waals surface area contributed by atoms with E-state index in [-0.39, 0.29) is 0 Å². The lowest BCUT2D eigenvalue weighted by Crippen LogP contribution is -2.57. The normalized spacial score (nSPS) is 22.6. The molecular formula is C19H29BrN2. The lowest BCUT2D eigenvalue weighted by atomic mass is 9.79. The molecule has 1 aromatic carbocycles. The monoisotopic (exact) mass is 364 g/mol. The summed E-state index contributed by atoms with van der Waals surface area (Å²) in [5, 5.41) is 3.77. The average Bonchev–Trinajstić information content (AvgIpc) is 2.58. The van der Waals surface area contributed by atoms with Crippen LogP contribution in [0, 0.1) is 0 Å². The predicted octanol–water partition coefficient (Wildman–Crippen LogP) is 4.73. The molecule has 2 nitrogen and oxygen atoms in total. The molecule has 3 heteroatoms. The highest BCUT2D eigenvalue weighted by Crippen LogP contribution is 2.35. The zero-order chi connectivity index (χ0) is 15.3. The van der Waals surface area contributed by atoms with Gasteiger partial charge in [-0.15, -0.1) is 0 Å². The lowest BCUT2D eigenvalue weighted by Gasteiger charge is -2.48. The van der Waals surface area contributed by atoms with E-state index in [0.717, 1.165) is 17.6 Å². The predicted molar refractivity (Wildman–Crippen MR) is 97.1 cm³/mol. The van der Waals surface area contributed by atoms with Crippen LogP contribution in [0.5, 0.6) is 0 Å². The maximum absolute atomic E-state index is 3.77. The molecule has 0 radical (unpaired) electrons. The Morgan fingerprint density at radius 3 is 2.23 bits per heavy atom. The molecule has 0 atom stereocenters. The Morgan fingerprint density at radius 1 is 0.909 bits per heavy atom. The molecule has 0 aromatic heterocycles. The minimum atomic E-state index is 0.439. The molecular weight excluding hydrogens is 336 g/mol. The van der Waals surface area contributed by atoms with E-state index in [1.807, 2.05) is 0 Å². The molecule has 0 unspecified atom stereocenters. The van der Waals surface area contributed by atoms with Crippen molar-refractivity contribution in [2.45, 2.75) is 63.5 Å². The number of nitrogens with zero attached hydrogens (tertiary/aromatic N) is 1. The highest BCUT2D eigenvalue weighted by molar-refractivity contribution is 9.10. The molecule has 3 rings (SSSR count). The van der Waals surface area contributed by atoms with E-state index in [0.29, 0.717) is 5.54 Å². The van der Waals surface area contributed by atoms with Crippen molar-refractivity contribution in [3.63, 3.8) is 0 Å². The van der Waals surface area contributed by atoms with E-state index >= 15 is 0 Å². The van der Waals surface area contributed by atoms with Crippen LogP contribution >= 0.6 is 15.9 Å². The smallest absolute Gasteiger partial charge is 0.0334 e. The standard InChI is InChI=1S/C19H29BrN2/c20-18-9-7-17(8-10-18)15-21-16-19(11-3-1-4-12-19)22-13-5-2-6-14-22/h7-10,21H,1-6,11-16H2. The molecule has 0 spiro atoms. The zero-order valence-electron chi connectivity index (χ0n) is 13.6. The van der Waals surface area contributed by atoms with E-state index in [2.05, 4.69) is 50.4 Å². The maximum atomic E-state index is 3.77. The number of nitrogens with one attached hydrogen (secondary N) is 1. The summed E-state index contributed by atoms with van der Waals surface area (Å²) >= 11 is 3.51. The summed E-state index contributed by atoms with van der Waals surface area (Å²) in [6.07, 6.45) is 11.3. The first kappa shape index (κ1) is 16.5. The summed E-state index contributed by atoms with van der Waals surface area (Å²) < 4.78 is 1.16. The highest BCUT2D eigenvalue weighted by atomic mass is 79.9. The summed E-state index contributed by atoms with van der Waals surface area (Å²) in [6, 6.07) is 8.70. The van der Waals surface area contributed by atoms with Crippen LogP contribution in [0.1, 0.15) is 56.9 Å². The van der Waals surface area contributed by atoms with Crippen LogP contribution in [0.2, 0.25) is 0 Å². The van der Waals surface area contributed by atoms with Gasteiger partial charge in [-0.3, -0.25) is 4.90 Å². The van der Waals surface area contributed by atoms with Crippen LogP contribution in [0.25, 0.3) is 0 Å². The zero-order valence-corrected chi connectivity index (χ0v) is 15.2. The summed E-state index contributed by atoms with van der Waals surface area (Å²) in [5.74, 6) is 0. The van der Waals surface area contributed by atoms with Crippen molar-refractivity contribution in [2.75, 3.05) is 19.6 Å². The highest BCUT2D eigenvalue weighted by Gasteiger charge is 2.37. The third-order valence-electron chi connectivity index (χ3n) is 5.51. The van der Waals surface area contributed by atoms with Gasteiger partial charge in [-0.1, -0.05) is 53.7 Å². The van der Waals surface area contributed by atoms with Crippen molar-refractivity contribution < 1.29 is 0 Å². The minimum absolute atomic E-state index is 0.439. The Labute approximate surface area is 143 Å². The third kappa shape index (κ3) is 4.12. The van der Waals surface area contributed by atoms with Gasteiger partial charge in [0, 0.05) is 23.1 Å². The Kier molecular flexibility index (Phi) is 5.95. The van der Waals surface area contributed by atoms with Crippen molar-refractivity contribution in [3.05, 3.63) is 34.3 Å². The Bertz CT molecular complexity index is 445. The SMILES string of the molecule is Brc1ccc(CNCC2(N3CCCCC3)CCCCC2)cc1. The molecule has 1 aliphatic carbocycles. The molecule has 1 aliphatic heterocycles. The molecule has 2 fully saturated rings. The number of rotatable bonds is 5. The summed E-state index contributed by atoms with van der Waals surface area (Å²) in [7, 11) is 0. The van der Waals surface area contributed by atoms with Crippen molar-refractivity contribution in [2.24, 2.45) is 0 Å². The molecule has 1 heterocycles. The first-order valence-corrected chi connectivity index (χ1v) is 9.78. The van der Waals surface area contributed by atoms with Crippen LogP contribution in [0.4, 0.5) is 0 Å². The molecule has 122 valence electrons. The van der Waals surface area contributed by atoms with Gasteiger partial charge in [0.15, 0.2) is 0 Å². The first-order valence-electron chi connectivity index (χ1n) is 8.99. The van der Waals surface area contributed by atoms with Gasteiger partial charge in [0.2, 0.25) is 0 Å². The second-order valence-electron chi connectivity index (χ2n) is 7.06. The Balaban J connectivity index is 1.58. The van der Waals surface area contributed by atoms with Crippen LogP contribution in [0.3, 0.4) is 0 Å². The topological polar surface area (TPSA) is 15.3 Å². The quantitative estimate of drug-likeness (QED) is 0.812. The van der Waals surface area contributed by atoms with Gasteiger partial charge in [0.05, 0.1) is 0 Å². The van der Waals surface area contributed by atoms with Gasteiger partial charge in [0.1, 0.15) is 0 Å². The van der Waals surface area contributed by atoms with Crippen molar-refractivity contribution in [1.29, 1.82) is 0 Å². The molecule has 1 saturated heterocycles. The van der Waals surface area contributed by atoms with E-state index < -0.39 is 0 Å². The fraction of sp³-hybridized carbons (Fsp3) is 0.684.